The Hall–Kier alpha value is -1.12. The first-order chi connectivity index (χ1) is 8.61. The minimum atomic E-state index is -1.25. The molecule has 1 fully saturated rings. The number of hydrogen-bond donors (Lipinski definition) is 0. The summed E-state index contributed by atoms with van der Waals surface area (Å²) in [5, 5.41) is 0. The molecule has 0 aromatic heterocycles. The predicted molar refractivity (Wildman–Crippen MR) is 82.0 cm³/mol. The lowest BCUT2D eigenvalue weighted by atomic mass is 9.99. The van der Waals surface area contributed by atoms with Crippen molar-refractivity contribution >= 4 is 20.5 Å². The fraction of sp³-hybridized carbons (Fsp3) is 0.375. The summed E-state index contributed by atoms with van der Waals surface area (Å²) in [6, 6.07) is 9.67. The van der Waals surface area contributed by atoms with E-state index < -0.39 is 8.32 Å². The summed E-state index contributed by atoms with van der Waals surface area (Å²) in [5.41, 5.74) is 2.74. The zero-order valence-corrected chi connectivity index (χ0v) is 12.4. The lowest BCUT2D eigenvalue weighted by Crippen LogP contribution is -2.38. The highest BCUT2D eigenvalue weighted by Gasteiger charge is 2.29. The molecule has 1 aliphatic carbocycles. The number of benzene rings is 1. The van der Waals surface area contributed by atoms with Gasteiger partial charge in [-0.25, -0.2) is 0 Å². The normalized spacial score (nSPS) is 23.1. The van der Waals surface area contributed by atoms with E-state index in [-0.39, 0.29) is 0 Å². The van der Waals surface area contributed by atoms with Gasteiger partial charge in [-0.15, -0.1) is 6.58 Å². The van der Waals surface area contributed by atoms with E-state index in [0.29, 0.717) is 6.10 Å². The van der Waals surface area contributed by atoms with Crippen LogP contribution in [-0.2, 0) is 4.43 Å². The van der Waals surface area contributed by atoms with Crippen LogP contribution in [0.3, 0.4) is 0 Å². The van der Waals surface area contributed by atoms with Crippen LogP contribution in [0.15, 0.2) is 36.9 Å². The third kappa shape index (κ3) is 3.44. The average molecular weight is 258 g/mol. The first-order valence-electron chi connectivity index (χ1n) is 6.68. The van der Waals surface area contributed by atoms with Gasteiger partial charge in [0.1, 0.15) is 0 Å². The fourth-order valence-corrected chi connectivity index (χ4v) is 4.53. The van der Waals surface area contributed by atoms with E-state index in [2.05, 4.69) is 56.1 Å². The molecule has 0 radical (unpaired) electrons. The number of hydrogen-bond acceptors (Lipinski definition) is 1. The molecule has 0 bridgehead atoms. The Morgan fingerprint density at radius 3 is 2.17 bits per heavy atom. The molecule has 0 spiro atoms. The quantitative estimate of drug-likeness (QED) is 0.531. The minimum absolute atomic E-state index is 0.357. The van der Waals surface area contributed by atoms with Crippen LogP contribution in [0.25, 0.3) is 12.2 Å². The molecule has 0 saturated carbocycles. The maximum absolute atomic E-state index is 5.84. The molecule has 1 heterocycles. The van der Waals surface area contributed by atoms with Crippen LogP contribution in [-0.4, -0.2) is 14.4 Å². The maximum atomic E-state index is 5.84. The molecular formula is C16H22OSi. The highest BCUT2D eigenvalue weighted by atomic mass is 28.4. The Morgan fingerprint density at radius 2 is 1.83 bits per heavy atom. The van der Waals surface area contributed by atoms with Crippen molar-refractivity contribution in [3.63, 3.8) is 0 Å². The van der Waals surface area contributed by atoms with E-state index in [1.165, 1.54) is 30.0 Å². The van der Waals surface area contributed by atoms with E-state index >= 15 is 0 Å². The molecule has 1 aliphatic heterocycles. The van der Waals surface area contributed by atoms with Gasteiger partial charge in [0.2, 0.25) is 0 Å². The highest BCUT2D eigenvalue weighted by molar-refractivity contribution is 6.71. The summed E-state index contributed by atoms with van der Waals surface area (Å²) >= 11 is 0. The van der Waals surface area contributed by atoms with Crippen molar-refractivity contribution < 1.29 is 4.43 Å². The lowest BCUT2D eigenvalue weighted by Gasteiger charge is -2.32. The van der Waals surface area contributed by atoms with Crippen LogP contribution in [0.5, 0.6) is 0 Å². The van der Waals surface area contributed by atoms with Gasteiger partial charge < -0.3 is 4.43 Å². The van der Waals surface area contributed by atoms with Crippen molar-refractivity contribution in [2.45, 2.75) is 38.1 Å². The van der Waals surface area contributed by atoms with E-state index in [4.69, 9.17) is 4.43 Å². The second-order valence-electron chi connectivity index (χ2n) is 5.51. The summed E-state index contributed by atoms with van der Waals surface area (Å²) < 4.78 is 5.84. The lowest BCUT2D eigenvalue weighted by molar-refractivity contribution is 0.206. The molecule has 96 valence electrons. The van der Waals surface area contributed by atoms with Crippen molar-refractivity contribution in [1.29, 1.82) is 0 Å². The van der Waals surface area contributed by atoms with Gasteiger partial charge in [-0.2, -0.15) is 0 Å². The molecule has 3 rings (SSSR count). The minimum Gasteiger partial charge on any atom is -0.411 e. The van der Waals surface area contributed by atoms with Crippen molar-refractivity contribution in [3.8, 4) is 0 Å². The van der Waals surface area contributed by atoms with Crippen LogP contribution >= 0.6 is 0 Å². The molecule has 0 N–H and O–H groups in total. The Kier molecular flexibility index (Phi) is 4.20. The van der Waals surface area contributed by atoms with E-state index in [9.17, 15) is 0 Å². The maximum Gasteiger partial charge on any atom is 0.187 e. The molecule has 1 unspecified atom stereocenters. The van der Waals surface area contributed by atoms with Gasteiger partial charge in [0.25, 0.3) is 0 Å². The summed E-state index contributed by atoms with van der Waals surface area (Å²) in [6.45, 7) is 8.31. The van der Waals surface area contributed by atoms with Gasteiger partial charge in [0.15, 0.2) is 8.32 Å². The van der Waals surface area contributed by atoms with Crippen LogP contribution in [0, 0.1) is 0 Å². The molecular weight excluding hydrogens is 236 g/mol. The third-order valence-corrected chi connectivity index (χ3v) is 5.94. The number of fused-ring (bicyclic) bond motifs is 1. The average Bonchev–Trinajstić information content (AvgIpc) is 2.30. The molecule has 1 atom stereocenters. The second-order valence-corrected chi connectivity index (χ2v) is 9.76. The van der Waals surface area contributed by atoms with Gasteiger partial charge in [0, 0.05) is 0 Å². The fourth-order valence-electron chi connectivity index (χ4n) is 2.32. The van der Waals surface area contributed by atoms with E-state index in [1.54, 1.807) is 0 Å². The largest absolute Gasteiger partial charge is 0.411 e. The van der Waals surface area contributed by atoms with Crippen molar-refractivity contribution in [3.05, 3.63) is 48.0 Å². The first kappa shape index (κ1) is 13.3. The molecule has 1 saturated heterocycles. The highest BCUT2D eigenvalue weighted by Crippen LogP contribution is 2.25. The van der Waals surface area contributed by atoms with Crippen molar-refractivity contribution in [2.75, 3.05) is 0 Å². The van der Waals surface area contributed by atoms with Gasteiger partial charge >= 0.3 is 0 Å². The third-order valence-electron chi connectivity index (χ3n) is 3.44. The Labute approximate surface area is 111 Å². The van der Waals surface area contributed by atoms with Gasteiger partial charge in [-0.05, 0) is 36.7 Å². The smallest absolute Gasteiger partial charge is 0.187 e. The molecule has 0 amide bonds. The Morgan fingerprint density at radius 1 is 1.22 bits per heavy atom. The van der Waals surface area contributed by atoms with Crippen molar-refractivity contribution in [2.24, 2.45) is 0 Å². The monoisotopic (exact) mass is 258 g/mol. The number of rotatable bonds is 1. The zero-order valence-electron chi connectivity index (χ0n) is 11.4. The van der Waals surface area contributed by atoms with E-state index in [1.807, 2.05) is 6.08 Å². The molecule has 2 heteroatoms. The summed E-state index contributed by atoms with van der Waals surface area (Å²) in [6.07, 6.45) is 9.05. The van der Waals surface area contributed by atoms with Crippen LogP contribution in [0.4, 0.5) is 0 Å². The second kappa shape index (κ2) is 5.68. The standard InChI is InChI=1S/C8H16OSi.C8H6/c1-4-8-6-5-7-10(2,3)9-8;1-2-4-8-6-5-7(8)3-1/h4,8H,1,5-7H2,2-3H3;1-6H. The van der Waals surface area contributed by atoms with Gasteiger partial charge in [0.05, 0.1) is 6.10 Å². The summed E-state index contributed by atoms with van der Waals surface area (Å²) in [4.78, 5) is 0. The molecule has 1 nitrogen and oxygen atoms in total. The Bertz CT molecular complexity index is 423. The molecule has 1 aromatic carbocycles. The van der Waals surface area contributed by atoms with Crippen LogP contribution in [0.1, 0.15) is 24.0 Å². The summed E-state index contributed by atoms with van der Waals surface area (Å²) in [5.74, 6) is 0. The van der Waals surface area contributed by atoms with Crippen LogP contribution in [0.2, 0.25) is 19.1 Å². The molecule has 18 heavy (non-hydrogen) atoms. The molecule has 1 aromatic rings. The van der Waals surface area contributed by atoms with Crippen molar-refractivity contribution in [1.82, 2.24) is 0 Å². The topological polar surface area (TPSA) is 9.23 Å². The Balaban J connectivity index is 0.000000136. The van der Waals surface area contributed by atoms with Gasteiger partial charge in [-0.3, -0.25) is 0 Å². The molecule has 2 aliphatic rings. The summed E-state index contributed by atoms with van der Waals surface area (Å²) in [7, 11) is -1.25. The van der Waals surface area contributed by atoms with Crippen LogP contribution < -0.4 is 0 Å². The first-order valence-corrected chi connectivity index (χ1v) is 9.80. The predicted octanol–water partition coefficient (Wildman–Crippen LogP) is 4.73. The van der Waals surface area contributed by atoms with E-state index in [0.717, 1.165) is 0 Å². The zero-order chi connectivity index (χ0) is 13.0. The van der Waals surface area contributed by atoms with Gasteiger partial charge in [-0.1, -0.05) is 48.9 Å². The SMILES string of the molecule is C1=Cc2ccccc21.C=CC1CCC[Si](C)(C)O1.